The molecule has 2 heterocycles. The molecule has 0 fully saturated rings. The van der Waals surface area contributed by atoms with E-state index in [1.165, 1.54) is 0 Å². The number of amides is 1. The van der Waals surface area contributed by atoms with Crippen molar-refractivity contribution in [1.29, 1.82) is 0 Å². The molecule has 0 radical (unpaired) electrons. The summed E-state index contributed by atoms with van der Waals surface area (Å²) in [4.78, 5) is 18.6. The van der Waals surface area contributed by atoms with Crippen molar-refractivity contribution in [2.75, 3.05) is 13.6 Å². The van der Waals surface area contributed by atoms with Crippen LogP contribution in [0.2, 0.25) is 0 Å². The van der Waals surface area contributed by atoms with Crippen LogP contribution in [-0.2, 0) is 12.8 Å². The van der Waals surface area contributed by atoms with E-state index in [1.807, 2.05) is 39.0 Å². The smallest absolute Gasteiger partial charge is 0.253 e. The molecule has 3 rings (SSSR count). The minimum atomic E-state index is -0.00932. The molecular formula is C18H23N3O3. The molecule has 0 saturated heterocycles. The van der Waals surface area contributed by atoms with Gasteiger partial charge in [-0.1, -0.05) is 19.0 Å². The van der Waals surface area contributed by atoms with Crippen LogP contribution in [0.25, 0.3) is 0 Å². The number of fused-ring (bicyclic) bond motifs is 1. The van der Waals surface area contributed by atoms with E-state index < -0.39 is 0 Å². The predicted molar refractivity (Wildman–Crippen MR) is 89.3 cm³/mol. The van der Waals surface area contributed by atoms with Gasteiger partial charge in [0.15, 0.2) is 5.82 Å². The molecule has 6 heteroatoms. The molecule has 1 atom stereocenters. The molecule has 1 aliphatic heterocycles. The third-order valence-electron chi connectivity index (χ3n) is 4.14. The first-order valence-corrected chi connectivity index (χ1v) is 8.31. The number of benzene rings is 1. The zero-order valence-electron chi connectivity index (χ0n) is 14.6. The van der Waals surface area contributed by atoms with Crippen LogP contribution in [0, 0.1) is 0 Å². The molecular weight excluding hydrogens is 306 g/mol. The van der Waals surface area contributed by atoms with Crippen molar-refractivity contribution in [2.45, 2.75) is 45.6 Å². The van der Waals surface area contributed by atoms with Crippen LogP contribution >= 0.6 is 0 Å². The highest BCUT2D eigenvalue weighted by Crippen LogP contribution is 2.29. The molecule has 0 bridgehead atoms. The van der Waals surface area contributed by atoms with Gasteiger partial charge >= 0.3 is 0 Å². The summed E-state index contributed by atoms with van der Waals surface area (Å²) >= 11 is 0. The number of carbonyl (C=O) groups is 1. The van der Waals surface area contributed by atoms with Crippen LogP contribution in [0.4, 0.5) is 0 Å². The minimum absolute atomic E-state index is 0.00932. The topological polar surface area (TPSA) is 68.5 Å². The minimum Gasteiger partial charge on any atom is -0.490 e. The standard InChI is InChI=1S/C18H23N3O3/c1-11(2)17-19-16(20-24-17)7-8-21(4)18(22)13-5-6-15-14(10-13)9-12(3)23-15/h5-6,10-12H,7-9H2,1-4H3/t12-/m1/s1. The number of rotatable bonds is 5. The highest BCUT2D eigenvalue weighted by molar-refractivity contribution is 5.94. The van der Waals surface area contributed by atoms with Crippen LogP contribution in [-0.4, -0.2) is 40.6 Å². The second-order valence-electron chi connectivity index (χ2n) is 6.64. The van der Waals surface area contributed by atoms with E-state index >= 15 is 0 Å². The number of aromatic nitrogens is 2. The molecule has 2 aromatic rings. The number of hydrogen-bond acceptors (Lipinski definition) is 5. The predicted octanol–water partition coefficient (Wildman–Crippen LogP) is 2.83. The normalized spacial score (nSPS) is 16.1. The Balaban J connectivity index is 1.61. The van der Waals surface area contributed by atoms with Gasteiger partial charge in [0, 0.05) is 37.9 Å². The van der Waals surface area contributed by atoms with E-state index in [9.17, 15) is 4.79 Å². The first-order valence-electron chi connectivity index (χ1n) is 8.31. The monoisotopic (exact) mass is 329 g/mol. The number of nitrogens with zero attached hydrogens (tertiary/aromatic N) is 3. The lowest BCUT2D eigenvalue weighted by molar-refractivity contribution is 0.0795. The second kappa shape index (κ2) is 6.63. The molecule has 0 unspecified atom stereocenters. The van der Waals surface area contributed by atoms with Crippen molar-refractivity contribution in [3.63, 3.8) is 0 Å². The Morgan fingerprint density at radius 2 is 2.21 bits per heavy atom. The van der Waals surface area contributed by atoms with Crippen LogP contribution in [0.1, 0.15) is 54.3 Å². The fraction of sp³-hybridized carbons (Fsp3) is 0.500. The van der Waals surface area contributed by atoms with Crippen LogP contribution in [0.15, 0.2) is 22.7 Å². The van der Waals surface area contributed by atoms with Crippen molar-refractivity contribution < 1.29 is 14.1 Å². The zero-order chi connectivity index (χ0) is 17.3. The maximum atomic E-state index is 12.6. The average molecular weight is 329 g/mol. The molecule has 0 N–H and O–H groups in total. The SMILES string of the molecule is CC(C)c1nc(CCN(C)C(=O)c2ccc3c(c2)C[C@@H](C)O3)no1. The van der Waals surface area contributed by atoms with Gasteiger partial charge in [0.25, 0.3) is 5.91 Å². The lowest BCUT2D eigenvalue weighted by Crippen LogP contribution is -2.29. The Hall–Kier alpha value is -2.37. The Bertz CT molecular complexity index is 739. The van der Waals surface area contributed by atoms with E-state index in [0.717, 1.165) is 17.7 Å². The molecule has 1 aromatic heterocycles. The van der Waals surface area contributed by atoms with E-state index in [0.29, 0.717) is 30.2 Å². The molecule has 0 spiro atoms. The Morgan fingerprint density at radius 1 is 1.42 bits per heavy atom. The van der Waals surface area contributed by atoms with Crippen molar-refractivity contribution in [1.82, 2.24) is 15.0 Å². The third-order valence-corrected chi connectivity index (χ3v) is 4.14. The van der Waals surface area contributed by atoms with Gasteiger partial charge in [-0.2, -0.15) is 4.98 Å². The molecule has 128 valence electrons. The fourth-order valence-electron chi connectivity index (χ4n) is 2.75. The molecule has 0 aliphatic carbocycles. The van der Waals surface area contributed by atoms with Crippen molar-refractivity contribution >= 4 is 5.91 Å². The number of likely N-dealkylation sites (N-methyl/N-ethyl adjacent to an activating group) is 1. The lowest BCUT2D eigenvalue weighted by Gasteiger charge is -2.16. The number of hydrogen-bond donors (Lipinski definition) is 0. The van der Waals surface area contributed by atoms with E-state index in [1.54, 1.807) is 11.9 Å². The maximum Gasteiger partial charge on any atom is 0.253 e. The molecule has 0 saturated carbocycles. The summed E-state index contributed by atoms with van der Waals surface area (Å²) in [6.45, 7) is 6.58. The van der Waals surface area contributed by atoms with Crippen LogP contribution in [0.5, 0.6) is 5.75 Å². The Kier molecular flexibility index (Phi) is 4.55. The third kappa shape index (κ3) is 3.42. The van der Waals surface area contributed by atoms with Gasteiger partial charge in [0.2, 0.25) is 5.89 Å². The molecule has 1 amide bonds. The number of carbonyl (C=O) groups excluding carboxylic acids is 1. The van der Waals surface area contributed by atoms with Gasteiger partial charge in [-0.05, 0) is 30.7 Å². The largest absolute Gasteiger partial charge is 0.490 e. The summed E-state index contributed by atoms with van der Waals surface area (Å²) in [6, 6.07) is 5.64. The van der Waals surface area contributed by atoms with E-state index in [-0.39, 0.29) is 17.9 Å². The summed E-state index contributed by atoms with van der Waals surface area (Å²) in [5.41, 5.74) is 1.78. The highest BCUT2D eigenvalue weighted by Gasteiger charge is 2.21. The van der Waals surface area contributed by atoms with Crippen molar-refractivity contribution in [3.05, 3.63) is 41.0 Å². The van der Waals surface area contributed by atoms with Gasteiger partial charge in [0.05, 0.1) is 0 Å². The first-order chi connectivity index (χ1) is 11.4. The summed E-state index contributed by atoms with van der Waals surface area (Å²) in [5, 5.41) is 3.96. The summed E-state index contributed by atoms with van der Waals surface area (Å²) in [5.74, 6) is 2.35. The van der Waals surface area contributed by atoms with Crippen molar-refractivity contribution in [2.24, 2.45) is 0 Å². The quantitative estimate of drug-likeness (QED) is 0.844. The summed E-state index contributed by atoms with van der Waals surface area (Å²) in [6.07, 6.45) is 1.60. The van der Waals surface area contributed by atoms with Crippen LogP contribution in [0.3, 0.4) is 0 Å². The van der Waals surface area contributed by atoms with Gasteiger partial charge in [0.1, 0.15) is 11.9 Å². The lowest BCUT2D eigenvalue weighted by atomic mass is 10.1. The van der Waals surface area contributed by atoms with E-state index in [2.05, 4.69) is 10.1 Å². The number of ether oxygens (including phenoxy) is 1. The fourth-order valence-corrected chi connectivity index (χ4v) is 2.75. The van der Waals surface area contributed by atoms with Gasteiger partial charge in [-0.15, -0.1) is 0 Å². The van der Waals surface area contributed by atoms with Gasteiger partial charge in [-0.25, -0.2) is 0 Å². The Morgan fingerprint density at radius 3 is 2.92 bits per heavy atom. The maximum absolute atomic E-state index is 12.6. The molecule has 24 heavy (non-hydrogen) atoms. The highest BCUT2D eigenvalue weighted by atomic mass is 16.5. The molecule has 1 aliphatic rings. The summed E-state index contributed by atoms with van der Waals surface area (Å²) in [7, 11) is 1.79. The molecule has 6 nitrogen and oxygen atoms in total. The molecule has 1 aromatic carbocycles. The average Bonchev–Trinajstić information content (AvgIpc) is 3.16. The Labute approximate surface area is 141 Å². The zero-order valence-corrected chi connectivity index (χ0v) is 14.6. The first kappa shape index (κ1) is 16.5. The van der Waals surface area contributed by atoms with Gasteiger partial charge < -0.3 is 14.2 Å². The van der Waals surface area contributed by atoms with Crippen molar-refractivity contribution in [3.8, 4) is 5.75 Å². The van der Waals surface area contributed by atoms with Gasteiger partial charge in [-0.3, -0.25) is 4.79 Å². The second-order valence-corrected chi connectivity index (χ2v) is 6.64. The summed E-state index contributed by atoms with van der Waals surface area (Å²) < 4.78 is 10.9. The van der Waals surface area contributed by atoms with Crippen LogP contribution < -0.4 is 4.74 Å². The van der Waals surface area contributed by atoms with E-state index in [4.69, 9.17) is 9.26 Å².